The zero-order valence-corrected chi connectivity index (χ0v) is 18.8. The Kier molecular flexibility index (Phi) is 8.95. The van der Waals surface area contributed by atoms with Crippen molar-refractivity contribution in [2.24, 2.45) is 5.92 Å². The van der Waals surface area contributed by atoms with Gasteiger partial charge in [-0.05, 0) is 48.7 Å². The lowest BCUT2D eigenvalue weighted by molar-refractivity contribution is 0.0954. The van der Waals surface area contributed by atoms with E-state index in [1.54, 1.807) is 30.3 Å². The maximum absolute atomic E-state index is 12.4. The van der Waals surface area contributed by atoms with Gasteiger partial charge in [-0.15, -0.1) is 0 Å². The van der Waals surface area contributed by atoms with E-state index in [1.165, 1.54) is 19.2 Å². The second-order valence-electron chi connectivity index (χ2n) is 7.01. The van der Waals surface area contributed by atoms with Crippen molar-refractivity contribution < 1.29 is 22.7 Å². The molecule has 0 radical (unpaired) electrons. The molecule has 7 nitrogen and oxygen atoms in total. The Hall–Kier alpha value is -2.29. The fraction of sp³-hybridized carbons (Fsp3) is 0.381. The molecule has 9 heteroatoms. The molecule has 1 amide bonds. The van der Waals surface area contributed by atoms with Gasteiger partial charge in [0.15, 0.2) is 11.5 Å². The summed E-state index contributed by atoms with van der Waals surface area (Å²) in [6.07, 6.45) is 0.913. The van der Waals surface area contributed by atoms with E-state index in [4.69, 9.17) is 21.1 Å². The molecule has 0 bridgehead atoms. The number of methoxy groups -OCH3 is 1. The Morgan fingerprint density at radius 3 is 2.53 bits per heavy atom. The first-order valence-corrected chi connectivity index (χ1v) is 11.4. The van der Waals surface area contributed by atoms with Gasteiger partial charge in [-0.1, -0.05) is 31.5 Å². The van der Waals surface area contributed by atoms with Crippen LogP contribution in [0.1, 0.15) is 30.6 Å². The first kappa shape index (κ1) is 24.0. The number of carbonyl (C=O) groups is 1. The Balaban J connectivity index is 1.88. The monoisotopic (exact) mass is 454 g/mol. The topological polar surface area (TPSA) is 93.7 Å². The molecular formula is C21H27ClN2O5S. The maximum Gasteiger partial charge on any atom is 0.251 e. The summed E-state index contributed by atoms with van der Waals surface area (Å²) < 4.78 is 37.9. The first-order valence-electron chi connectivity index (χ1n) is 9.57. The Morgan fingerprint density at radius 1 is 1.10 bits per heavy atom. The highest BCUT2D eigenvalue weighted by atomic mass is 35.5. The number of rotatable bonds is 11. The van der Waals surface area contributed by atoms with Crippen molar-refractivity contribution in [2.75, 3.05) is 26.8 Å². The standard InChI is InChI=1S/C21H27ClN2O5S/c1-15(2)9-12-29-19-8-7-16(13-20(19)28-3)21(25)23-10-11-24-30(26,27)18-6-4-5-17(22)14-18/h4-8,13-15,24H,9-12H2,1-3H3,(H,23,25). The van der Waals surface area contributed by atoms with Crippen molar-refractivity contribution in [2.45, 2.75) is 25.2 Å². The van der Waals surface area contributed by atoms with Crippen molar-refractivity contribution in [3.8, 4) is 11.5 Å². The third-order valence-corrected chi connectivity index (χ3v) is 5.88. The number of nitrogens with one attached hydrogen (secondary N) is 2. The van der Waals surface area contributed by atoms with Crippen molar-refractivity contribution in [1.82, 2.24) is 10.0 Å². The normalized spacial score (nSPS) is 11.4. The number of carbonyl (C=O) groups excluding carboxylic acids is 1. The van der Waals surface area contributed by atoms with Gasteiger partial charge in [0, 0.05) is 23.7 Å². The van der Waals surface area contributed by atoms with Crippen LogP contribution in [0.4, 0.5) is 0 Å². The molecule has 0 aliphatic heterocycles. The maximum atomic E-state index is 12.4. The number of benzene rings is 2. The van der Waals surface area contributed by atoms with Gasteiger partial charge < -0.3 is 14.8 Å². The molecule has 0 spiro atoms. The quantitative estimate of drug-likeness (QED) is 0.507. The van der Waals surface area contributed by atoms with Crippen LogP contribution in [0.3, 0.4) is 0 Å². The number of ether oxygens (including phenoxy) is 2. The summed E-state index contributed by atoms with van der Waals surface area (Å²) in [4.78, 5) is 12.4. The molecule has 0 fully saturated rings. The van der Waals surface area contributed by atoms with E-state index in [0.29, 0.717) is 34.6 Å². The smallest absolute Gasteiger partial charge is 0.251 e. The molecule has 0 aliphatic carbocycles. The third kappa shape index (κ3) is 7.19. The summed E-state index contributed by atoms with van der Waals surface area (Å²) >= 11 is 5.83. The molecule has 30 heavy (non-hydrogen) atoms. The Bertz CT molecular complexity index is 964. The van der Waals surface area contributed by atoms with Gasteiger partial charge >= 0.3 is 0 Å². The number of amides is 1. The van der Waals surface area contributed by atoms with Crippen LogP contribution in [-0.4, -0.2) is 41.1 Å². The molecule has 0 aromatic heterocycles. The van der Waals surface area contributed by atoms with Crippen LogP contribution in [0.25, 0.3) is 0 Å². The van der Waals surface area contributed by atoms with Gasteiger partial charge in [-0.25, -0.2) is 13.1 Å². The van der Waals surface area contributed by atoms with Crippen LogP contribution in [0, 0.1) is 5.92 Å². The van der Waals surface area contributed by atoms with Crippen molar-refractivity contribution in [3.05, 3.63) is 53.1 Å². The summed E-state index contributed by atoms with van der Waals surface area (Å²) in [6.45, 7) is 4.94. The third-order valence-electron chi connectivity index (χ3n) is 4.19. The van der Waals surface area contributed by atoms with Crippen LogP contribution in [0.5, 0.6) is 11.5 Å². The van der Waals surface area contributed by atoms with Crippen LogP contribution in [0.2, 0.25) is 5.02 Å². The van der Waals surface area contributed by atoms with E-state index in [9.17, 15) is 13.2 Å². The predicted octanol–water partition coefficient (Wildman–Crippen LogP) is 3.48. The number of hydrogen-bond donors (Lipinski definition) is 2. The zero-order chi connectivity index (χ0) is 22.1. The van der Waals surface area contributed by atoms with Crippen LogP contribution >= 0.6 is 11.6 Å². The lowest BCUT2D eigenvalue weighted by Gasteiger charge is -2.13. The fourth-order valence-corrected chi connectivity index (χ4v) is 3.85. The van der Waals surface area contributed by atoms with Crippen molar-refractivity contribution >= 4 is 27.5 Å². The minimum absolute atomic E-state index is 0.0358. The predicted molar refractivity (Wildman–Crippen MR) is 117 cm³/mol. The molecule has 2 rings (SSSR count). The minimum atomic E-state index is -3.70. The van der Waals surface area contributed by atoms with E-state index in [0.717, 1.165) is 6.42 Å². The van der Waals surface area contributed by atoms with Crippen molar-refractivity contribution in [3.63, 3.8) is 0 Å². The van der Waals surface area contributed by atoms with Gasteiger partial charge in [0.05, 0.1) is 18.6 Å². The molecule has 0 heterocycles. The summed E-state index contributed by atoms with van der Waals surface area (Å²) in [5, 5.41) is 3.01. The minimum Gasteiger partial charge on any atom is -0.493 e. The number of sulfonamides is 1. The molecule has 2 N–H and O–H groups in total. The van der Waals surface area contributed by atoms with Crippen LogP contribution in [0.15, 0.2) is 47.4 Å². The molecule has 0 saturated heterocycles. The highest BCUT2D eigenvalue weighted by Crippen LogP contribution is 2.28. The molecule has 0 saturated carbocycles. The van der Waals surface area contributed by atoms with E-state index < -0.39 is 10.0 Å². The first-order chi connectivity index (χ1) is 14.2. The van der Waals surface area contributed by atoms with Gasteiger partial charge in [0.1, 0.15) is 0 Å². The molecule has 0 atom stereocenters. The second kappa shape index (κ2) is 11.2. The van der Waals surface area contributed by atoms with Gasteiger partial charge in [0.2, 0.25) is 10.0 Å². The largest absolute Gasteiger partial charge is 0.493 e. The van der Waals surface area contributed by atoms with E-state index >= 15 is 0 Å². The zero-order valence-electron chi connectivity index (χ0n) is 17.3. The molecule has 0 unspecified atom stereocenters. The van der Waals surface area contributed by atoms with E-state index in [-0.39, 0.29) is 23.9 Å². The summed E-state index contributed by atoms with van der Waals surface area (Å²) in [5.74, 6) is 1.22. The summed E-state index contributed by atoms with van der Waals surface area (Å²) in [7, 11) is -2.19. The van der Waals surface area contributed by atoms with Crippen LogP contribution < -0.4 is 19.5 Å². The molecule has 0 aliphatic rings. The lowest BCUT2D eigenvalue weighted by Crippen LogP contribution is -2.34. The average molecular weight is 455 g/mol. The SMILES string of the molecule is COc1cc(C(=O)NCCNS(=O)(=O)c2cccc(Cl)c2)ccc1OCCC(C)C. The van der Waals surface area contributed by atoms with Crippen molar-refractivity contribution in [1.29, 1.82) is 0 Å². The highest BCUT2D eigenvalue weighted by molar-refractivity contribution is 7.89. The van der Waals surface area contributed by atoms with E-state index in [2.05, 4.69) is 23.9 Å². The Labute approximate surface area is 182 Å². The highest BCUT2D eigenvalue weighted by Gasteiger charge is 2.15. The molecular weight excluding hydrogens is 428 g/mol. The second-order valence-corrected chi connectivity index (χ2v) is 9.21. The summed E-state index contributed by atoms with van der Waals surface area (Å²) in [5.41, 5.74) is 0.390. The Morgan fingerprint density at radius 2 is 1.87 bits per heavy atom. The average Bonchev–Trinajstić information content (AvgIpc) is 2.71. The molecule has 2 aromatic carbocycles. The van der Waals surface area contributed by atoms with Gasteiger partial charge in [0.25, 0.3) is 5.91 Å². The number of hydrogen-bond acceptors (Lipinski definition) is 5. The van der Waals surface area contributed by atoms with E-state index in [1.807, 2.05) is 0 Å². The van der Waals surface area contributed by atoms with Crippen LogP contribution in [-0.2, 0) is 10.0 Å². The number of halogens is 1. The molecule has 164 valence electrons. The lowest BCUT2D eigenvalue weighted by atomic mass is 10.1. The van der Waals surface area contributed by atoms with Gasteiger partial charge in [-0.2, -0.15) is 0 Å². The molecule has 2 aromatic rings. The summed E-state index contributed by atoms with van der Waals surface area (Å²) in [6, 6.07) is 10.9. The fourth-order valence-electron chi connectivity index (χ4n) is 2.51. The van der Waals surface area contributed by atoms with Gasteiger partial charge in [-0.3, -0.25) is 4.79 Å².